The Hall–Kier alpha value is -3.35. The standard InChI is InChI=1S/C25H29N3O4/c1-6-9-31-20-8-7-18(12-21(20)30-5)24-26-25(32-27-24)19-13-22(29)28(14-19)23-16(3)10-15(2)11-17(23)4/h7-8,10-12,19H,6,9,13-14H2,1-5H3. The van der Waals surface area contributed by atoms with E-state index >= 15 is 0 Å². The van der Waals surface area contributed by atoms with E-state index in [0.717, 1.165) is 28.8 Å². The van der Waals surface area contributed by atoms with Crippen LogP contribution in [0.2, 0.25) is 0 Å². The number of aryl methyl sites for hydroxylation is 3. The Kier molecular flexibility index (Phi) is 6.17. The van der Waals surface area contributed by atoms with E-state index in [1.165, 1.54) is 5.56 Å². The summed E-state index contributed by atoms with van der Waals surface area (Å²) in [5, 5.41) is 4.16. The molecule has 0 radical (unpaired) electrons. The topological polar surface area (TPSA) is 77.7 Å². The Morgan fingerprint density at radius 1 is 1.12 bits per heavy atom. The maximum atomic E-state index is 12.8. The van der Waals surface area contributed by atoms with Gasteiger partial charge in [-0.2, -0.15) is 4.98 Å². The highest BCUT2D eigenvalue weighted by Gasteiger charge is 2.36. The normalized spacial score (nSPS) is 16.0. The summed E-state index contributed by atoms with van der Waals surface area (Å²) in [5.41, 5.74) is 5.14. The third kappa shape index (κ3) is 4.20. The van der Waals surface area contributed by atoms with Gasteiger partial charge in [-0.1, -0.05) is 29.8 Å². The second-order valence-corrected chi connectivity index (χ2v) is 8.32. The summed E-state index contributed by atoms with van der Waals surface area (Å²) in [4.78, 5) is 19.3. The van der Waals surface area contributed by atoms with Crippen LogP contribution < -0.4 is 14.4 Å². The first-order valence-corrected chi connectivity index (χ1v) is 10.9. The summed E-state index contributed by atoms with van der Waals surface area (Å²) >= 11 is 0. The summed E-state index contributed by atoms with van der Waals surface area (Å²) in [6.45, 7) is 9.35. The molecule has 0 spiro atoms. The fourth-order valence-corrected chi connectivity index (χ4v) is 4.34. The van der Waals surface area contributed by atoms with Crippen molar-refractivity contribution >= 4 is 11.6 Å². The number of carbonyl (C=O) groups excluding carboxylic acids is 1. The quantitative estimate of drug-likeness (QED) is 0.521. The van der Waals surface area contributed by atoms with Crippen LogP contribution in [-0.4, -0.2) is 36.3 Å². The largest absolute Gasteiger partial charge is 0.493 e. The van der Waals surface area contributed by atoms with E-state index in [4.69, 9.17) is 14.0 Å². The molecule has 1 saturated heterocycles. The van der Waals surface area contributed by atoms with Crippen molar-refractivity contribution in [3.8, 4) is 22.9 Å². The molecule has 4 rings (SSSR count). The number of methoxy groups -OCH3 is 1. The van der Waals surface area contributed by atoms with Crippen LogP contribution in [0.15, 0.2) is 34.9 Å². The molecule has 1 aromatic heterocycles. The van der Waals surface area contributed by atoms with Gasteiger partial charge in [0.1, 0.15) is 0 Å². The fraction of sp³-hybridized carbons (Fsp3) is 0.400. The molecule has 168 valence electrons. The molecule has 0 aliphatic carbocycles. The van der Waals surface area contributed by atoms with Gasteiger partial charge in [-0.3, -0.25) is 4.79 Å². The van der Waals surface area contributed by atoms with Gasteiger partial charge in [-0.25, -0.2) is 0 Å². The third-order valence-corrected chi connectivity index (χ3v) is 5.70. The Morgan fingerprint density at radius 3 is 2.56 bits per heavy atom. The van der Waals surface area contributed by atoms with Crippen molar-refractivity contribution < 1.29 is 18.8 Å². The predicted octanol–water partition coefficient (Wildman–Crippen LogP) is 4.98. The van der Waals surface area contributed by atoms with E-state index in [1.54, 1.807) is 7.11 Å². The average Bonchev–Trinajstić information content (AvgIpc) is 3.39. The Balaban J connectivity index is 1.55. The van der Waals surface area contributed by atoms with E-state index in [0.29, 0.717) is 42.8 Å². The van der Waals surface area contributed by atoms with E-state index in [9.17, 15) is 4.79 Å². The van der Waals surface area contributed by atoms with Crippen LogP contribution in [0.25, 0.3) is 11.4 Å². The minimum absolute atomic E-state index is 0.0731. The predicted molar refractivity (Wildman–Crippen MR) is 122 cm³/mol. The summed E-state index contributed by atoms with van der Waals surface area (Å²) < 4.78 is 16.7. The highest BCUT2D eigenvalue weighted by atomic mass is 16.5. The first-order chi connectivity index (χ1) is 15.4. The first-order valence-electron chi connectivity index (χ1n) is 10.9. The van der Waals surface area contributed by atoms with Gasteiger partial charge >= 0.3 is 0 Å². The lowest BCUT2D eigenvalue weighted by Crippen LogP contribution is -2.26. The summed E-state index contributed by atoms with van der Waals surface area (Å²) in [5.74, 6) is 2.18. The molecule has 2 aromatic carbocycles. The van der Waals surface area contributed by atoms with E-state index in [2.05, 4.69) is 36.1 Å². The zero-order chi connectivity index (χ0) is 22.8. The average molecular weight is 436 g/mol. The molecule has 0 saturated carbocycles. The van der Waals surface area contributed by atoms with Crippen LogP contribution in [0.1, 0.15) is 48.3 Å². The van der Waals surface area contributed by atoms with Crippen molar-refractivity contribution in [3.05, 3.63) is 52.9 Å². The van der Waals surface area contributed by atoms with E-state index in [1.807, 2.05) is 36.9 Å². The maximum absolute atomic E-state index is 12.8. The second kappa shape index (κ2) is 9.02. The van der Waals surface area contributed by atoms with Crippen LogP contribution in [-0.2, 0) is 4.79 Å². The maximum Gasteiger partial charge on any atom is 0.232 e. The van der Waals surface area contributed by atoms with Crippen LogP contribution >= 0.6 is 0 Å². The molecule has 7 heteroatoms. The molecule has 7 nitrogen and oxygen atoms in total. The molecule has 1 aliphatic heterocycles. The number of ether oxygens (including phenoxy) is 2. The fourth-order valence-electron chi connectivity index (χ4n) is 4.34. The molecule has 1 amide bonds. The smallest absolute Gasteiger partial charge is 0.232 e. The van der Waals surface area contributed by atoms with Gasteiger partial charge in [0.25, 0.3) is 0 Å². The Bertz CT molecular complexity index is 1110. The number of nitrogens with zero attached hydrogens (tertiary/aromatic N) is 3. The highest BCUT2D eigenvalue weighted by Crippen LogP contribution is 2.36. The van der Waals surface area contributed by atoms with E-state index < -0.39 is 0 Å². The summed E-state index contributed by atoms with van der Waals surface area (Å²) in [7, 11) is 1.60. The molecular weight excluding hydrogens is 406 g/mol. The molecule has 0 bridgehead atoms. The minimum Gasteiger partial charge on any atom is -0.493 e. The van der Waals surface area contributed by atoms with Crippen LogP contribution in [0, 0.1) is 20.8 Å². The van der Waals surface area contributed by atoms with Crippen molar-refractivity contribution in [3.63, 3.8) is 0 Å². The van der Waals surface area contributed by atoms with Crippen molar-refractivity contribution in [2.45, 2.75) is 46.5 Å². The van der Waals surface area contributed by atoms with Crippen molar-refractivity contribution in [2.24, 2.45) is 0 Å². The van der Waals surface area contributed by atoms with Crippen molar-refractivity contribution in [1.29, 1.82) is 0 Å². The third-order valence-electron chi connectivity index (χ3n) is 5.70. The minimum atomic E-state index is -0.141. The molecule has 1 atom stereocenters. The number of hydrogen-bond donors (Lipinski definition) is 0. The number of benzene rings is 2. The van der Waals surface area contributed by atoms with Crippen LogP contribution in [0.3, 0.4) is 0 Å². The lowest BCUT2D eigenvalue weighted by molar-refractivity contribution is -0.117. The highest BCUT2D eigenvalue weighted by molar-refractivity contribution is 5.97. The molecule has 3 aromatic rings. The van der Waals surface area contributed by atoms with Crippen LogP contribution in [0.5, 0.6) is 11.5 Å². The molecule has 2 heterocycles. The number of hydrogen-bond acceptors (Lipinski definition) is 6. The SMILES string of the molecule is CCCOc1ccc(-c2noc(C3CC(=O)N(c4c(C)cc(C)cc4C)C3)n2)cc1OC. The van der Waals surface area contributed by atoms with Gasteiger partial charge in [-0.05, 0) is 56.5 Å². The number of aromatic nitrogens is 2. The van der Waals surface area contributed by atoms with E-state index in [-0.39, 0.29) is 11.8 Å². The van der Waals surface area contributed by atoms with Crippen LogP contribution in [0.4, 0.5) is 5.69 Å². The number of rotatable bonds is 7. The molecule has 1 fully saturated rings. The summed E-state index contributed by atoms with van der Waals surface area (Å²) in [6.07, 6.45) is 1.26. The monoisotopic (exact) mass is 435 g/mol. The number of carbonyl (C=O) groups is 1. The number of anilines is 1. The second-order valence-electron chi connectivity index (χ2n) is 8.32. The first kappa shape index (κ1) is 21.9. The zero-order valence-corrected chi connectivity index (χ0v) is 19.3. The lowest BCUT2D eigenvalue weighted by atomic mass is 10.0. The van der Waals surface area contributed by atoms with Gasteiger partial charge in [0.2, 0.25) is 17.6 Å². The molecule has 0 N–H and O–H groups in total. The molecule has 32 heavy (non-hydrogen) atoms. The van der Waals surface area contributed by atoms with Gasteiger partial charge in [-0.15, -0.1) is 0 Å². The molecular formula is C25H29N3O4. The lowest BCUT2D eigenvalue weighted by Gasteiger charge is -2.21. The number of amides is 1. The molecule has 1 unspecified atom stereocenters. The van der Waals surface area contributed by atoms with Gasteiger partial charge < -0.3 is 18.9 Å². The van der Waals surface area contributed by atoms with Crippen molar-refractivity contribution in [2.75, 3.05) is 25.2 Å². The Morgan fingerprint density at radius 2 is 1.88 bits per heavy atom. The van der Waals surface area contributed by atoms with Crippen molar-refractivity contribution in [1.82, 2.24) is 10.1 Å². The zero-order valence-electron chi connectivity index (χ0n) is 19.3. The van der Waals surface area contributed by atoms with Gasteiger partial charge in [0.15, 0.2) is 11.5 Å². The van der Waals surface area contributed by atoms with Gasteiger partial charge in [0, 0.05) is 24.2 Å². The summed E-state index contributed by atoms with van der Waals surface area (Å²) in [6, 6.07) is 9.78. The molecule has 1 aliphatic rings. The van der Waals surface area contributed by atoms with Gasteiger partial charge in [0.05, 0.1) is 19.6 Å². The Labute approximate surface area is 188 Å².